The topological polar surface area (TPSA) is 61.0 Å². The SMILES string of the molecule is Cc1cc2c(cnn2PI)cc1[N+](=O)[O-]. The maximum absolute atomic E-state index is 10.7. The first kappa shape index (κ1) is 10.8. The van der Waals surface area contributed by atoms with Crippen molar-refractivity contribution in [1.29, 1.82) is 0 Å². The third-order valence-electron chi connectivity index (χ3n) is 2.16. The molecular formula is C8H7IN3O2P. The van der Waals surface area contributed by atoms with Crippen LogP contribution in [0.1, 0.15) is 5.56 Å². The molecule has 1 aromatic carbocycles. The van der Waals surface area contributed by atoms with Crippen molar-refractivity contribution in [2.75, 3.05) is 0 Å². The summed E-state index contributed by atoms with van der Waals surface area (Å²) < 4.78 is 1.84. The monoisotopic (exact) mass is 335 g/mol. The van der Waals surface area contributed by atoms with Crippen molar-refractivity contribution in [3.8, 4) is 0 Å². The number of halogens is 1. The molecule has 1 atom stereocenters. The molecule has 1 aromatic heterocycles. The number of aryl methyl sites for hydroxylation is 1. The molecule has 1 unspecified atom stereocenters. The van der Waals surface area contributed by atoms with Gasteiger partial charge in [0, 0.05) is 17.0 Å². The van der Waals surface area contributed by atoms with Crippen molar-refractivity contribution in [3.63, 3.8) is 0 Å². The van der Waals surface area contributed by atoms with Gasteiger partial charge < -0.3 is 0 Å². The van der Waals surface area contributed by atoms with E-state index in [2.05, 4.69) is 27.1 Å². The Kier molecular flexibility index (Phi) is 2.88. The van der Waals surface area contributed by atoms with Crippen molar-refractivity contribution in [1.82, 2.24) is 9.55 Å². The maximum Gasteiger partial charge on any atom is 0.273 e. The van der Waals surface area contributed by atoms with E-state index in [0.29, 0.717) is 11.9 Å². The van der Waals surface area contributed by atoms with E-state index in [1.165, 1.54) is 0 Å². The van der Waals surface area contributed by atoms with Gasteiger partial charge in [-0.3, -0.25) is 10.1 Å². The predicted molar refractivity (Wildman–Crippen MR) is 68.9 cm³/mol. The molecule has 0 amide bonds. The number of aromatic nitrogens is 2. The molecule has 0 saturated carbocycles. The Hall–Kier alpha value is -0.750. The summed E-state index contributed by atoms with van der Waals surface area (Å²) in [6.07, 6.45) is 2.16. The molecule has 15 heavy (non-hydrogen) atoms. The molecule has 0 fully saturated rings. The van der Waals surface area contributed by atoms with E-state index in [-0.39, 0.29) is 10.6 Å². The maximum atomic E-state index is 10.7. The van der Waals surface area contributed by atoms with Crippen molar-refractivity contribution in [2.45, 2.75) is 6.92 Å². The lowest BCUT2D eigenvalue weighted by atomic mass is 10.1. The largest absolute Gasteiger partial charge is 0.273 e. The van der Waals surface area contributed by atoms with Crippen molar-refractivity contribution in [3.05, 3.63) is 34.0 Å². The molecule has 0 N–H and O–H groups in total. The number of nitrogens with zero attached hydrogens (tertiary/aromatic N) is 3. The zero-order chi connectivity index (χ0) is 11.0. The van der Waals surface area contributed by atoms with Crippen LogP contribution in [-0.4, -0.2) is 14.5 Å². The van der Waals surface area contributed by atoms with Crippen molar-refractivity contribution >= 4 is 45.0 Å². The Morgan fingerprint density at radius 3 is 2.93 bits per heavy atom. The minimum atomic E-state index is -0.363. The Balaban J connectivity index is 2.72. The summed E-state index contributed by atoms with van der Waals surface area (Å²) in [4.78, 5) is 10.4. The first-order chi connectivity index (χ1) is 7.13. The molecular weight excluding hydrogens is 328 g/mol. The average molecular weight is 335 g/mol. The van der Waals surface area contributed by atoms with Crippen LogP contribution in [0.2, 0.25) is 0 Å². The highest BCUT2D eigenvalue weighted by Gasteiger charge is 2.13. The second-order valence-electron chi connectivity index (χ2n) is 3.10. The molecule has 0 aliphatic rings. The fourth-order valence-corrected chi connectivity index (χ4v) is 2.97. The van der Waals surface area contributed by atoms with Crippen LogP contribution in [0.5, 0.6) is 0 Å². The summed E-state index contributed by atoms with van der Waals surface area (Å²) in [5, 5.41) is 15.7. The summed E-state index contributed by atoms with van der Waals surface area (Å²) >= 11 is 2.23. The molecule has 78 valence electrons. The van der Waals surface area contributed by atoms with Crippen LogP contribution in [0.15, 0.2) is 18.3 Å². The lowest BCUT2D eigenvalue weighted by Crippen LogP contribution is -1.91. The van der Waals surface area contributed by atoms with E-state index in [9.17, 15) is 10.1 Å². The van der Waals surface area contributed by atoms with E-state index in [0.717, 1.165) is 10.9 Å². The molecule has 2 rings (SSSR count). The smallest absolute Gasteiger partial charge is 0.258 e. The standard InChI is InChI=1S/C8H7IN3O2P/c1-5-2-8-6(3-7(5)12(13)14)4-10-11(8)15-9/h2-4,15H,1H3. The summed E-state index contributed by atoms with van der Waals surface area (Å²) in [7, 11) is 0. The van der Waals surface area contributed by atoms with Crippen LogP contribution in [0.4, 0.5) is 5.69 Å². The van der Waals surface area contributed by atoms with Crippen LogP contribution >= 0.6 is 28.4 Å². The number of hydrogen-bond donors (Lipinski definition) is 0. The molecule has 0 aliphatic carbocycles. The highest BCUT2D eigenvalue weighted by Crippen LogP contribution is 2.31. The number of rotatable bonds is 2. The van der Waals surface area contributed by atoms with Gasteiger partial charge in [0.2, 0.25) is 0 Å². The Labute approximate surface area is 100 Å². The van der Waals surface area contributed by atoms with Gasteiger partial charge in [-0.25, -0.2) is 4.45 Å². The fourth-order valence-electron chi connectivity index (χ4n) is 1.43. The predicted octanol–water partition coefficient (Wildman–Crippen LogP) is 3.04. The number of fused-ring (bicyclic) bond motifs is 1. The highest BCUT2D eigenvalue weighted by atomic mass is 127. The molecule has 2 aromatic rings. The summed E-state index contributed by atoms with van der Waals surface area (Å²) in [5.74, 6) is 0. The van der Waals surface area contributed by atoms with Crippen LogP contribution in [0.3, 0.4) is 0 Å². The van der Waals surface area contributed by atoms with Crippen LogP contribution < -0.4 is 0 Å². The third kappa shape index (κ3) is 1.83. The first-order valence-corrected chi connectivity index (χ1v) is 8.19. The van der Waals surface area contributed by atoms with Crippen LogP contribution in [-0.2, 0) is 0 Å². The van der Waals surface area contributed by atoms with E-state index >= 15 is 0 Å². The van der Waals surface area contributed by atoms with Gasteiger partial charge in [-0.2, -0.15) is 5.10 Å². The van der Waals surface area contributed by atoms with Crippen LogP contribution in [0.25, 0.3) is 10.9 Å². The molecule has 0 bridgehead atoms. The number of nitro groups is 1. The highest BCUT2D eigenvalue weighted by molar-refractivity contribution is 14.2. The lowest BCUT2D eigenvalue weighted by molar-refractivity contribution is -0.385. The zero-order valence-electron chi connectivity index (χ0n) is 7.77. The molecule has 5 nitrogen and oxygen atoms in total. The molecule has 0 saturated heterocycles. The summed E-state index contributed by atoms with van der Waals surface area (Å²) in [5.41, 5.74) is 1.77. The van der Waals surface area contributed by atoms with E-state index < -0.39 is 0 Å². The normalized spacial score (nSPS) is 11.6. The quantitative estimate of drug-likeness (QED) is 0.367. The van der Waals surface area contributed by atoms with Gasteiger partial charge in [0.05, 0.1) is 23.0 Å². The summed E-state index contributed by atoms with van der Waals surface area (Å²) in [6.45, 7) is 1.74. The molecule has 1 heterocycles. The van der Waals surface area contributed by atoms with E-state index in [1.54, 1.807) is 19.2 Å². The van der Waals surface area contributed by atoms with E-state index in [4.69, 9.17) is 0 Å². The Morgan fingerprint density at radius 2 is 2.33 bits per heavy atom. The average Bonchev–Trinajstić information content (AvgIpc) is 2.58. The Morgan fingerprint density at radius 1 is 1.60 bits per heavy atom. The van der Waals surface area contributed by atoms with Gasteiger partial charge in [0.1, 0.15) is 0 Å². The zero-order valence-corrected chi connectivity index (χ0v) is 10.9. The molecule has 0 radical (unpaired) electrons. The van der Waals surface area contributed by atoms with Crippen molar-refractivity contribution in [2.24, 2.45) is 0 Å². The molecule has 7 heteroatoms. The van der Waals surface area contributed by atoms with Gasteiger partial charge >= 0.3 is 0 Å². The number of hydrogen-bond acceptors (Lipinski definition) is 3. The number of benzene rings is 1. The van der Waals surface area contributed by atoms with Gasteiger partial charge in [0.25, 0.3) is 5.69 Å². The Bertz CT molecular complexity index is 540. The van der Waals surface area contributed by atoms with Crippen LogP contribution in [0, 0.1) is 17.0 Å². The lowest BCUT2D eigenvalue weighted by Gasteiger charge is -1.99. The number of nitro benzene ring substituents is 1. The van der Waals surface area contributed by atoms with Gasteiger partial charge in [-0.15, -0.1) is 0 Å². The fraction of sp³-hybridized carbons (Fsp3) is 0.125. The second-order valence-corrected chi connectivity index (χ2v) is 5.14. The molecule has 0 aliphatic heterocycles. The third-order valence-corrected chi connectivity index (χ3v) is 4.05. The summed E-state index contributed by atoms with van der Waals surface area (Å²) in [6, 6.07) is 3.39. The van der Waals surface area contributed by atoms with Gasteiger partial charge in [0.15, 0.2) is 0 Å². The minimum Gasteiger partial charge on any atom is -0.258 e. The van der Waals surface area contributed by atoms with Crippen molar-refractivity contribution < 1.29 is 4.92 Å². The van der Waals surface area contributed by atoms with Gasteiger partial charge in [-0.05, 0) is 35.0 Å². The van der Waals surface area contributed by atoms with E-state index in [1.807, 2.05) is 10.5 Å². The minimum absolute atomic E-state index is 0.152. The first-order valence-electron chi connectivity index (χ1n) is 4.13. The van der Waals surface area contributed by atoms with Gasteiger partial charge in [-0.1, -0.05) is 0 Å². The second kappa shape index (κ2) is 4.02. The molecule has 0 spiro atoms.